The fourth-order valence-electron chi connectivity index (χ4n) is 4.09. The Kier molecular flexibility index (Phi) is 6.17. The first-order valence-electron chi connectivity index (χ1n) is 11.1. The van der Waals surface area contributed by atoms with E-state index in [9.17, 15) is 35.1 Å². The first kappa shape index (κ1) is 24.8. The Hall–Kier alpha value is -3.88. The van der Waals surface area contributed by atoms with Crippen LogP contribution in [-0.2, 0) is 6.11 Å². The fourth-order valence-corrected chi connectivity index (χ4v) is 4.09. The maximum absolute atomic E-state index is 14.9. The summed E-state index contributed by atoms with van der Waals surface area (Å²) in [6.45, 7) is 0. The van der Waals surface area contributed by atoms with Gasteiger partial charge in [0.05, 0.1) is 0 Å². The quantitative estimate of drug-likeness (QED) is 0.182. The molecule has 0 unspecified atom stereocenters. The molecule has 0 spiro atoms. The van der Waals surface area contributed by atoms with Crippen molar-refractivity contribution in [2.45, 2.75) is 24.9 Å². The van der Waals surface area contributed by atoms with Gasteiger partial charge in [-0.1, -0.05) is 36.4 Å². The van der Waals surface area contributed by atoms with Crippen LogP contribution in [0.25, 0.3) is 22.3 Å². The lowest BCUT2D eigenvalue weighted by atomic mass is 9.97. The zero-order valence-electron chi connectivity index (χ0n) is 18.8. The van der Waals surface area contributed by atoms with E-state index in [0.717, 1.165) is 18.4 Å². The Morgan fingerprint density at radius 3 is 1.68 bits per heavy atom. The molecule has 0 atom stereocenters. The summed E-state index contributed by atoms with van der Waals surface area (Å²) in [4.78, 5) is 0. The average Bonchev–Trinajstić information content (AvgIpc) is 3.67. The Morgan fingerprint density at radius 2 is 1.14 bits per heavy atom. The van der Waals surface area contributed by atoms with Gasteiger partial charge in [-0.3, -0.25) is 0 Å². The van der Waals surface area contributed by atoms with Gasteiger partial charge in [0.2, 0.25) is 0 Å². The van der Waals surface area contributed by atoms with E-state index in [0.29, 0.717) is 23.6 Å². The maximum atomic E-state index is 14.9. The van der Waals surface area contributed by atoms with Crippen molar-refractivity contribution in [3.63, 3.8) is 0 Å². The molecule has 1 aliphatic carbocycles. The molecule has 5 rings (SSSR count). The first-order valence-corrected chi connectivity index (χ1v) is 11.1. The van der Waals surface area contributed by atoms with Gasteiger partial charge in [-0.2, -0.15) is 8.78 Å². The first-order chi connectivity index (χ1) is 17.5. The van der Waals surface area contributed by atoms with Crippen molar-refractivity contribution in [3.05, 3.63) is 113 Å². The molecule has 9 heteroatoms. The minimum Gasteiger partial charge on any atom is -0.429 e. The van der Waals surface area contributed by atoms with E-state index in [1.807, 2.05) is 24.3 Å². The van der Waals surface area contributed by atoms with Crippen molar-refractivity contribution in [1.82, 2.24) is 0 Å². The van der Waals surface area contributed by atoms with Crippen LogP contribution in [0.1, 0.15) is 29.9 Å². The molecular formula is C28H16F8O. The molecule has 4 aromatic rings. The summed E-state index contributed by atoms with van der Waals surface area (Å²) in [6, 6.07) is 12.8. The third-order valence-corrected chi connectivity index (χ3v) is 6.11. The van der Waals surface area contributed by atoms with Crippen LogP contribution < -0.4 is 4.74 Å². The number of hydrogen-bond acceptors (Lipinski definition) is 1. The molecule has 1 saturated carbocycles. The number of halogens is 8. The van der Waals surface area contributed by atoms with Crippen LogP contribution >= 0.6 is 0 Å². The smallest absolute Gasteiger partial charge is 0.429 e. The minimum atomic E-state index is -4.74. The lowest BCUT2D eigenvalue weighted by Gasteiger charge is -2.20. The predicted molar refractivity (Wildman–Crippen MR) is 120 cm³/mol. The van der Waals surface area contributed by atoms with Gasteiger partial charge in [0.15, 0.2) is 17.5 Å². The van der Waals surface area contributed by atoms with Gasteiger partial charge in [0.1, 0.15) is 28.8 Å². The molecule has 0 bridgehead atoms. The zero-order valence-corrected chi connectivity index (χ0v) is 18.8. The van der Waals surface area contributed by atoms with Crippen LogP contribution in [0.3, 0.4) is 0 Å². The summed E-state index contributed by atoms with van der Waals surface area (Å²) in [7, 11) is 0. The van der Waals surface area contributed by atoms with Crippen LogP contribution in [0.4, 0.5) is 35.1 Å². The van der Waals surface area contributed by atoms with Gasteiger partial charge >= 0.3 is 6.11 Å². The van der Waals surface area contributed by atoms with E-state index in [2.05, 4.69) is 4.74 Å². The van der Waals surface area contributed by atoms with Crippen LogP contribution in [0.5, 0.6) is 5.75 Å². The normalized spacial score (nSPS) is 13.6. The molecule has 0 amide bonds. The highest BCUT2D eigenvalue weighted by molar-refractivity contribution is 5.71. The molecular weight excluding hydrogens is 504 g/mol. The lowest BCUT2D eigenvalue weighted by molar-refractivity contribution is -0.189. The summed E-state index contributed by atoms with van der Waals surface area (Å²) in [5, 5.41) is 0. The average molecular weight is 520 g/mol. The van der Waals surface area contributed by atoms with E-state index in [1.165, 1.54) is 23.8 Å². The SMILES string of the molecule is Fc1cc(-c2ccc(C3CC3)cc2)ccc1-c1cc(F)c(C(F)(F)Oc2cc(F)c(F)c(F)c2)c(F)c1. The third kappa shape index (κ3) is 4.90. The molecule has 37 heavy (non-hydrogen) atoms. The second-order valence-electron chi connectivity index (χ2n) is 8.73. The molecule has 0 aliphatic heterocycles. The molecule has 0 N–H and O–H groups in total. The molecule has 0 saturated heterocycles. The number of ether oxygens (including phenoxy) is 1. The number of alkyl halides is 2. The number of benzene rings is 4. The van der Waals surface area contributed by atoms with Crippen LogP contribution in [-0.4, -0.2) is 0 Å². The summed E-state index contributed by atoms with van der Waals surface area (Å²) in [6.07, 6.45) is -2.47. The van der Waals surface area contributed by atoms with E-state index < -0.39 is 52.3 Å². The van der Waals surface area contributed by atoms with Crippen molar-refractivity contribution in [3.8, 4) is 28.0 Å². The number of hydrogen-bond donors (Lipinski definition) is 0. The molecule has 0 aromatic heterocycles. The molecule has 0 radical (unpaired) electrons. The van der Waals surface area contributed by atoms with Crippen LogP contribution in [0.15, 0.2) is 66.7 Å². The monoisotopic (exact) mass is 520 g/mol. The largest absolute Gasteiger partial charge is 0.432 e. The Morgan fingerprint density at radius 1 is 0.595 bits per heavy atom. The van der Waals surface area contributed by atoms with Gasteiger partial charge in [-0.15, -0.1) is 0 Å². The second-order valence-corrected chi connectivity index (χ2v) is 8.73. The molecule has 1 aliphatic rings. The minimum absolute atomic E-state index is 0.104. The Balaban J connectivity index is 1.43. The molecule has 4 aromatic carbocycles. The van der Waals surface area contributed by atoms with E-state index in [4.69, 9.17) is 0 Å². The standard InChI is InChI=1S/C28H16F8O/c29-21-9-17(16-5-3-15(4-6-16)14-1-2-14)7-8-20(21)18-10-22(30)26(23(31)11-18)28(35,36)37-19-12-24(32)27(34)25(33)13-19/h3-14H,1-2H2. The maximum Gasteiger partial charge on any atom is 0.432 e. The van der Waals surface area contributed by atoms with Gasteiger partial charge in [-0.25, -0.2) is 26.3 Å². The van der Waals surface area contributed by atoms with Crippen LogP contribution in [0, 0.1) is 34.9 Å². The van der Waals surface area contributed by atoms with E-state index >= 15 is 0 Å². The molecule has 1 nitrogen and oxygen atoms in total. The molecule has 1 fully saturated rings. The Bertz CT molecular complexity index is 1450. The van der Waals surface area contributed by atoms with Crippen molar-refractivity contribution >= 4 is 0 Å². The number of rotatable bonds is 6. The topological polar surface area (TPSA) is 9.23 Å². The lowest BCUT2D eigenvalue weighted by Crippen LogP contribution is -2.25. The van der Waals surface area contributed by atoms with E-state index in [1.54, 1.807) is 0 Å². The van der Waals surface area contributed by atoms with Gasteiger partial charge in [0.25, 0.3) is 0 Å². The fraction of sp³-hybridized carbons (Fsp3) is 0.143. The predicted octanol–water partition coefficient (Wildman–Crippen LogP) is 8.86. The molecule has 0 heterocycles. The van der Waals surface area contributed by atoms with Crippen molar-refractivity contribution in [1.29, 1.82) is 0 Å². The van der Waals surface area contributed by atoms with E-state index in [-0.39, 0.29) is 23.3 Å². The highest BCUT2D eigenvalue weighted by atomic mass is 19.3. The van der Waals surface area contributed by atoms with Crippen molar-refractivity contribution < 1.29 is 39.9 Å². The van der Waals surface area contributed by atoms with Gasteiger partial charge in [-0.05, 0) is 59.2 Å². The van der Waals surface area contributed by atoms with Gasteiger partial charge < -0.3 is 4.74 Å². The highest BCUT2D eigenvalue weighted by Crippen LogP contribution is 2.41. The summed E-state index contributed by atoms with van der Waals surface area (Å²) in [5.41, 5.74) is -0.0272. The Labute approximate surface area is 205 Å². The highest BCUT2D eigenvalue weighted by Gasteiger charge is 2.41. The summed E-state index contributed by atoms with van der Waals surface area (Å²) < 4.78 is 117. The summed E-state index contributed by atoms with van der Waals surface area (Å²) in [5.74, 6) is -10.7. The third-order valence-electron chi connectivity index (χ3n) is 6.11. The van der Waals surface area contributed by atoms with Crippen molar-refractivity contribution in [2.24, 2.45) is 0 Å². The second kappa shape index (κ2) is 9.21. The molecule has 190 valence electrons. The summed E-state index contributed by atoms with van der Waals surface area (Å²) >= 11 is 0. The van der Waals surface area contributed by atoms with Crippen molar-refractivity contribution in [2.75, 3.05) is 0 Å². The zero-order chi connectivity index (χ0) is 26.5. The van der Waals surface area contributed by atoms with Crippen LogP contribution in [0.2, 0.25) is 0 Å². The van der Waals surface area contributed by atoms with Gasteiger partial charge in [0, 0.05) is 17.7 Å².